The molecule has 0 spiro atoms. The quantitative estimate of drug-likeness (QED) is 0.666. The molecule has 1 aromatic carbocycles. The normalized spacial score (nSPS) is 11.7. The maximum Gasteiger partial charge on any atom is 0.327 e. The van der Waals surface area contributed by atoms with Crippen LogP contribution in [0, 0.1) is 11.3 Å². The average Bonchev–Trinajstić information content (AvgIpc) is 3.11. The van der Waals surface area contributed by atoms with E-state index in [0.29, 0.717) is 27.4 Å². The average molecular weight is 413 g/mol. The van der Waals surface area contributed by atoms with Gasteiger partial charge in [0.15, 0.2) is 0 Å². The summed E-state index contributed by atoms with van der Waals surface area (Å²) in [5.74, 6) is -0.927. The van der Waals surface area contributed by atoms with E-state index in [1.165, 1.54) is 19.4 Å². The minimum atomic E-state index is -1.17. The number of nitrogens with zero attached hydrogens (tertiary/aromatic N) is 4. The maximum atomic E-state index is 12.8. The predicted octanol–water partition coefficient (Wildman–Crippen LogP) is 2.65. The molecule has 0 fully saturated rings. The Morgan fingerprint density at radius 1 is 1.34 bits per heavy atom. The lowest BCUT2D eigenvalue weighted by molar-refractivity contribution is -0.141. The van der Waals surface area contributed by atoms with E-state index in [-0.39, 0.29) is 12.2 Å². The van der Waals surface area contributed by atoms with Crippen molar-refractivity contribution in [2.24, 2.45) is 7.05 Å². The van der Waals surface area contributed by atoms with Gasteiger partial charge in [-0.1, -0.05) is 11.6 Å². The van der Waals surface area contributed by atoms with E-state index in [1.54, 1.807) is 42.2 Å². The molecule has 3 rings (SSSR count). The molecule has 3 aromatic rings. The molecule has 1 N–H and O–H groups in total. The molecule has 2 aromatic heterocycles. The molecule has 0 aliphatic rings. The van der Waals surface area contributed by atoms with Gasteiger partial charge < -0.3 is 9.84 Å². The van der Waals surface area contributed by atoms with Gasteiger partial charge in [0, 0.05) is 41.9 Å². The highest BCUT2D eigenvalue weighted by molar-refractivity contribution is 6.31. The van der Waals surface area contributed by atoms with Gasteiger partial charge in [0.2, 0.25) is 0 Å². The third-order valence-electron chi connectivity index (χ3n) is 4.45. The number of aliphatic carboxylic acids is 1. The van der Waals surface area contributed by atoms with E-state index < -0.39 is 17.6 Å². The third kappa shape index (κ3) is 4.15. The highest BCUT2D eigenvalue weighted by atomic mass is 35.5. The Kier molecular flexibility index (Phi) is 5.71. The zero-order valence-corrected chi connectivity index (χ0v) is 16.4. The number of carboxylic acids is 1. The van der Waals surface area contributed by atoms with Crippen molar-refractivity contribution in [2.45, 2.75) is 12.5 Å². The Balaban J connectivity index is 2.13. The second-order valence-electron chi connectivity index (χ2n) is 6.34. The Bertz CT molecular complexity index is 1180. The highest BCUT2D eigenvalue weighted by Gasteiger charge is 2.24. The van der Waals surface area contributed by atoms with Gasteiger partial charge in [0.05, 0.1) is 30.6 Å². The second-order valence-corrected chi connectivity index (χ2v) is 6.78. The Hall–Kier alpha value is -3.57. The molecule has 0 aliphatic carbocycles. The number of aryl methyl sites for hydroxylation is 1. The molecule has 0 bridgehead atoms. The molecule has 0 saturated carbocycles. The number of nitriles is 1. The van der Waals surface area contributed by atoms with E-state index in [2.05, 4.69) is 11.2 Å². The number of methoxy groups -OCH3 is 1. The first-order chi connectivity index (χ1) is 13.8. The number of aromatic nitrogens is 3. The highest BCUT2D eigenvalue weighted by Crippen LogP contribution is 2.33. The summed E-state index contributed by atoms with van der Waals surface area (Å²) in [6.45, 7) is 0. The fraction of sp³-hybridized carbons (Fsp3) is 0.200. The van der Waals surface area contributed by atoms with Gasteiger partial charge in [-0.05, 0) is 24.3 Å². The summed E-state index contributed by atoms with van der Waals surface area (Å²) in [6, 6.07) is 8.50. The molecule has 1 atom stereocenters. The Morgan fingerprint density at radius 2 is 2.10 bits per heavy atom. The van der Waals surface area contributed by atoms with Gasteiger partial charge in [0.25, 0.3) is 5.56 Å². The second kappa shape index (κ2) is 8.20. The summed E-state index contributed by atoms with van der Waals surface area (Å²) in [5, 5.41) is 23.7. The first kappa shape index (κ1) is 20.2. The van der Waals surface area contributed by atoms with Gasteiger partial charge in [-0.2, -0.15) is 10.4 Å². The molecular formula is C20H17ClN4O4. The fourth-order valence-corrected chi connectivity index (χ4v) is 3.23. The van der Waals surface area contributed by atoms with Crippen LogP contribution in [0.5, 0.6) is 5.75 Å². The first-order valence-corrected chi connectivity index (χ1v) is 8.93. The zero-order valence-electron chi connectivity index (χ0n) is 15.7. The molecule has 1 unspecified atom stereocenters. The molecule has 8 nitrogen and oxygen atoms in total. The number of ether oxygens (including phenoxy) is 1. The number of halogens is 1. The van der Waals surface area contributed by atoms with E-state index in [9.17, 15) is 20.0 Å². The lowest BCUT2D eigenvalue weighted by Crippen LogP contribution is -2.31. The van der Waals surface area contributed by atoms with Gasteiger partial charge >= 0.3 is 5.97 Å². The third-order valence-corrected chi connectivity index (χ3v) is 4.68. The van der Waals surface area contributed by atoms with Crippen LogP contribution >= 0.6 is 11.6 Å². The van der Waals surface area contributed by atoms with Crippen LogP contribution in [-0.2, 0) is 18.3 Å². The summed E-state index contributed by atoms with van der Waals surface area (Å²) in [6.07, 6.45) is 3.06. The number of benzene rings is 1. The zero-order chi connectivity index (χ0) is 21.1. The lowest BCUT2D eigenvalue weighted by atomic mass is 10.00. The lowest BCUT2D eigenvalue weighted by Gasteiger charge is -2.18. The number of pyridine rings is 1. The molecule has 0 aliphatic heterocycles. The van der Waals surface area contributed by atoms with Crippen molar-refractivity contribution in [3.63, 3.8) is 0 Å². The summed E-state index contributed by atoms with van der Waals surface area (Å²) >= 11 is 6.05. The topological polar surface area (TPSA) is 110 Å². The van der Waals surface area contributed by atoms with Crippen LogP contribution < -0.4 is 10.3 Å². The van der Waals surface area contributed by atoms with Crippen molar-refractivity contribution in [3.8, 4) is 22.9 Å². The molecule has 0 radical (unpaired) electrons. The smallest absolute Gasteiger partial charge is 0.327 e. The maximum absolute atomic E-state index is 12.8. The van der Waals surface area contributed by atoms with Crippen LogP contribution in [0.15, 0.2) is 47.5 Å². The van der Waals surface area contributed by atoms with Crippen molar-refractivity contribution < 1.29 is 14.6 Å². The van der Waals surface area contributed by atoms with Crippen LogP contribution in [0.1, 0.15) is 17.3 Å². The van der Waals surface area contributed by atoms with Gasteiger partial charge in [-0.15, -0.1) is 0 Å². The number of carboxylic acid groups (broad SMARTS) is 1. The van der Waals surface area contributed by atoms with E-state index >= 15 is 0 Å². The van der Waals surface area contributed by atoms with Gasteiger partial charge in [-0.3, -0.25) is 14.0 Å². The van der Waals surface area contributed by atoms with Crippen molar-refractivity contribution in [1.82, 2.24) is 14.3 Å². The summed E-state index contributed by atoms with van der Waals surface area (Å²) in [7, 11) is 3.12. The molecule has 2 heterocycles. The SMILES string of the molecule is COc1cn(C(Cc2ccn(C)n2)C(=O)O)c(=O)cc1-c1cc(Cl)ccc1C#N. The molecule has 0 amide bonds. The fourth-order valence-electron chi connectivity index (χ4n) is 3.06. The minimum Gasteiger partial charge on any atom is -0.495 e. The standard InChI is InChI=1S/C20H17ClN4O4/c1-24-6-5-14(23-24)8-17(20(27)28)25-11-18(29-2)16(9-19(25)26)15-7-13(21)4-3-12(15)10-22/h3-7,9,11,17H,8H2,1-2H3,(H,27,28). The van der Waals surface area contributed by atoms with Crippen LogP contribution in [0.25, 0.3) is 11.1 Å². The largest absolute Gasteiger partial charge is 0.495 e. The van der Waals surface area contributed by atoms with E-state index in [0.717, 1.165) is 4.57 Å². The Labute approximate surface area is 171 Å². The summed E-state index contributed by atoms with van der Waals surface area (Å²) in [5.41, 5.74) is 1.09. The molecular weight excluding hydrogens is 396 g/mol. The first-order valence-electron chi connectivity index (χ1n) is 8.55. The van der Waals surface area contributed by atoms with E-state index in [4.69, 9.17) is 16.3 Å². The van der Waals surface area contributed by atoms with Crippen LogP contribution in [0.3, 0.4) is 0 Å². The van der Waals surface area contributed by atoms with Crippen molar-refractivity contribution in [3.05, 3.63) is 69.4 Å². The van der Waals surface area contributed by atoms with Gasteiger partial charge in [0.1, 0.15) is 11.8 Å². The number of hydrogen-bond donors (Lipinski definition) is 1. The van der Waals surface area contributed by atoms with Crippen molar-refractivity contribution in [1.29, 1.82) is 5.26 Å². The molecule has 29 heavy (non-hydrogen) atoms. The molecule has 0 saturated heterocycles. The van der Waals surface area contributed by atoms with E-state index in [1.807, 2.05) is 0 Å². The molecule has 148 valence electrons. The van der Waals surface area contributed by atoms with Crippen molar-refractivity contribution >= 4 is 17.6 Å². The summed E-state index contributed by atoms with van der Waals surface area (Å²) < 4.78 is 8.05. The van der Waals surface area contributed by atoms with Crippen molar-refractivity contribution in [2.75, 3.05) is 7.11 Å². The monoisotopic (exact) mass is 412 g/mol. The number of rotatable bonds is 6. The van der Waals surface area contributed by atoms with Crippen LogP contribution in [0.4, 0.5) is 0 Å². The number of carbonyl (C=O) groups is 1. The number of hydrogen-bond acceptors (Lipinski definition) is 5. The summed E-state index contributed by atoms with van der Waals surface area (Å²) in [4.78, 5) is 24.7. The molecule has 9 heteroatoms. The van der Waals surface area contributed by atoms with Crippen LogP contribution in [-0.4, -0.2) is 32.5 Å². The van der Waals surface area contributed by atoms with Gasteiger partial charge in [-0.25, -0.2) is 4.79 Å². The minimum absolute atomic E-state index is 0.0270. The Morgan fingerprint density at radius 3 is 2.69 bits per heavy atom. The van der Waals surface area contributed by atoms with Crippen LogP contribution in [0.2, 0.25) is 5.02 Å². The predicted molar refractivity (Wildman–Crippen MR) is 106 cm³/mol.